The van der Waals surface area contributed by atoms with Gasteiger partial charge in [0.05, 0.1) is 10.6 Å². The van der Waals surface area contributed by atoms with Crippen LogP contribution in [0.4, 0.5) is 5.69 Å². The van der Waals surface area contributed by atoms with Crippen LogP contribution in [0.2, 0.25) is 0 Å². The molecular weight excluding hydrogens is 432 g/mol. The van der Waals surface area contributed by atoms with Crippen molar-refractivity contribution in [2.45, 2.75) is 44.9 Å². The maximum Gasteiger partial charge on any atom is 0.244 e. The molecule has 0 aliphatic rings. The third kappa shape index (κ3) is 4.71. The van der Waals surface area contributed by atoms with Gasteiger partial charge in [0.1, 0.15) is 6.54 Å². The third-order valence-electron chi connectivity index (χ3n) is 6.00. The first-order valence-corrected chi connectivity index (χ1v) is 12.5. The Morgan fingerprint density at radius 1 is 0.879 bits per heavy atom. The van der Waals surface area contributed by atoms with E-state index in [1.54, 1.807) is 16.8 Å². The number of nitrogens with one attached hydrogen (secondary N) is 1. The van der Waals surface area contributed by atoms with Crippen molar-refractivity contribution in [3.8, 4) is 0 Å². The van der Waals surface area contributed by atoms with Crippen molar-refractivity contribution in [2.75, 3.05) is 5.32 Å². The van der Waals surface area contributed by atoms with Gasteiger partial charge in [0, 0.05) is 22.8 Å². The average Bonchev–Trinajstić information content (AvgIpc) is 3.13. The minimum Gasteiger partial charge on any atom is -0.337 e. The lowest BCUT2D eigenvalue weighted by Crippen LogP contribution is -2.19. The van der Waals surface area contributed by atoms with E-state index in [2.05, 4.69) is 5.32 Å². The Labute approximate surface area is 195 Å². The quantitative estimate of drug-likeness (QED) is 0.414. The fourth-order valence-electron chi connectivity index (χ4n) is 4.18. The molecule has 33 heavy (non-hydrogen) atoms. The molecular formula is C27H28N2O3S. The first-order valence-electron chi connectivity index (χ1n) is 10.9. The summed E-state index contributed by atoms with van der Waals surface area (Å²) in [5.41, 5.74) is 6.24. The van der Waals surface area contributed by atoms with E-state index in [1.807, 2.05) is 82.3 Å². The molecule has 4 aromatic rings. The molecule has 0 saturated heterocycles. The van der Waals surface area contributed by atoms with Crippen LogP contribution in [0.25, 0.3) is 10.9 Å². The van der Waals surface area contributed by atoms with Crippen LogP contribution in [0.1, 0.15) is 27.8 Å². The molecule has 0 aliphatic heterocycles. The van der Waals surface area contributed by atoms with Gasteiger partial charge < -0.3 is 9.88 Å². The Morgan fingerprint density at radius 2 is 1.58 bits per heavy atom. The smallest absolute Gasteiger partial charge is 0.244 e. The van der Waals surface area contributed by atoms with Gasteiger partial charge >= 0.3 is 0 Å². The van der Waals surface area contributed by atoms with Crippen LogP contribution in [0.3, 0.4) is 0 Å². The highest BCUT2D eigenvalue weighted by Crippen LogP contribution is 2.29. The Bertz CT molecular complexity index is 1450. The number of benzene rings is 3. The molecule has 1 N–H and O–H groups in total. The summed E-state index contributed by atoms with van der Waals surface area (Å²) in [7, 11) is -3.62. The Kier molecular flexibility index (Phi) is 6.13. The van der Waals surface area contributed by atoms with Crippen molar-refractivity contribution < 1.29 is 13.2 Å². The predicted octanol–water partition coefficient (Wildman–Crippen LogP) is 5.49. The summed E-state index contributed by atoms with van der Waals surface area (Å²) >= 11 is 0. The van der Waals surface area contributed by atoms with Gasteiger partial charge in [0.25, 0.3) is 0 Å². The number of sulfone groups is 1. The summed E-state index contributed by atoms with van der Waals surface area (Å²) in [6.07, 6.45) is 1.59. The molecule has 0 radical (unpaired) electrons. The van der Waals surface area contributed by atoms with Crippen molar-refractivity contribution >= 4 is 32.3 Å². The lowest BCUT2D eigenvalue weighted by molar-refractivity contribution is -0.116. The number of hydrogen-bond donors (Lipinski definition) is 1. The molecule has 0 unspecified atom stereocenters. The summed E-state index contributed by atoms with van der Waals surface area (Å²) < 4.78 is 28.6. The molecule has 5 nitrogen and oxygen atoms in total. The van der Waals surface area contributed by atoms with Gasteiger partial charge in [-0.2, -0.15) is 0 Å². The largest absolute Gasteiger partial charge is 0.337 e. The zero-order valence-corrected chi connectivity index (χ0v) is 20.2. The van der Waals surface area contributed by atoms with Gasteiger partial charge in [-0.15, -0.1) is 0 Å². The number of carbonyl (C=O) groups is 1. The summed E-state index contributed by atoms with van der Waals surface area (Å²) in [5, 5.41) is 3.61. The zero-order chi connectivity index (χ0) is 23.8. The molecule has 1 amide bonds. The molecule has 1 heterocycles. The molecule has 0 saturated carbocycles. The lowest BCUT2D eigenvalue weighted by Gasteiger charge is -2.12. The number of carbonyl (C=O) groups excluding carboxylic acids is 1. The molecule has 4 rings (SSSR count). The number of para-hydroxylation sites is 2. The molecule has 1 aromatic heterocycles. The number of anilines is 1. The minimum atomic E-state index is -3.62. The second kappa shape index (κ2) is 8.87. The van der Waals surface area contributed by atoms with Gasteiger partial charge in [0.15, 0.2) is 9.84 Å². The van der Waals surface area contributed by atoms with E-state index in [0.717, 1.165) is 33.5 Å². The Balaban J connectivity index is 1.68. The molecule has 3 aromatic carbocycles. The van der Waals surface area contributed by atoms with E-state index < -0.39 is 9.84 Å². The lowest BCUT2D eigenvalue weighted by atomic mass is 10.1. The maximum absolute atomic E-state index is 13.4. The van der Waals surface area contributed by atoms with Crippen LogP contribution in [0, 0.1) is 27.7 Å². The number of aromatic nitrogens is 1. The van der Waals surface area contributed by atoms with Gasteiger partial charge in [-0.05, 0) is 56.0 Å². The topological polar surface area (TPSA) is 68.2 Å². The first kappa shape index (κ1) is 22.8. The number of fused-ring (bicyclic) bond motifs is 1. The number of aryl methyl sites for hydroxylation is 4. The van der Waals surface area contributed by atoms with Crippen LogP contribution < -0.4 is 5.32 Å². The highest BCUT2D eigenvalue weighted by molar-refractivity contribution is 7.90. The molecule has 6 heteroatoms. The molecule has 0 fully saturated rings. The molecule has 0 atom stereocenters. The number of nitrogens with zero attached hydrogens (tertiary/aromatic N) is 1. The van der Waals surface area contributed by atoms with E-state index in [4.69, 9.17) is 0 Å². The summed E-state index contributed by atoms with van der Waals surface area (Å²) in [5.74, 6) is -0.282. The maximum atomic E-state index is 13.4. The van der Waals surface area contributed by atoms with Crippen molar-refractivity contribution in [3.63, 3.8) is 0 Å². The molecule has 0 bridgehead atoms. The van der Waals surface area contributed by atoms with Crippen LogP contribution in [-0.2, 0) is 26.9 Å². The molecule has 0 spiro atoms. The second-order valence-electron chi connectivity index (χ2n) is 8.64. The summed E-state index contributed by atoms with van der Waals surface area (Å²) in [6.45, 7) is 7.80. The fraction of sp³-hybridized carbons (Fsp3) is 0.222. The Hall–Kier alpha value is -3.38. The van der Waals surface area contributed by atoms with Crippen molar-refractivity contribution in [2.24, 2.45) is 0 Å². The molecule has 170 valence electrons. The van der Waals surface area contributed by atoms with E-state index in [-0.39, 0.29) is 23.1 Å². The van der Waals surface area contributed by atoms with Crippen LogP contribution >= 0.6 is 0 Å². The number of amides is 1. The van der Waals surface area contributed by atoms with E-state index in [1.165, 1.54) is 0 Å². The standard InChI is InChI=1S/C27H28N2O3S/c1-18-12-13-19(2)22(14-18)17-33(31,32)25-15-29(24-11-6-5-10-23(24)25)16-26(30)28-27-20(3)8-7-9-21(27)4/h5-15H,16-17H2,1-4H3,(H,28,30). The van der Waals surface area contributed by atoms with Crippen LogP contribution in [-0.4, -0.2) is 18.9 Å². The molecule has 0 aliphatic carbocycles. The minimum absolute atomic E-state index is 0.0211. The third-order valence-corrected chi connectivity index (χ3v) is 7.68. The normalized spacial score (nSPS) is 11.6. The Morgan fingerprint density at radius 3 is 2.30 bits per heavy atom. The predicted molar refractivity (Wildman–Crippen MR) is 133 cm³/mol. The highest BCUT2D eigenvalue weighted by atomic mass is 32.2. The van der Waals surface area contributed by atoms with Crippen LogP contribution in [0.15, 0.2) is 71.8 Å². The SMILES string of the molecule is Cc1ccc(C)c(CS(=O)(=O)c2cn(CC(=O)Nc3c(C)cccc3C)c3ccccc23)c1. The van der Waals surface area contributed by atoms with E-state index in [9.17, 15) is 13.2 Å². The number of rotatable bonds is 6. The number of hydrogen-bond acceptors (Lipinski definition) is 3. The van der Waals surface area contributed by atoms with E-state index in [0.29, 0.717) is 10.9 Å². The van der Waals surface area contributed by atoms with Gasteiger partial charge in [-0.1, -0.05) is 60.2 Å². The van der Waals surface area contributed by atoms with Crippen molar-refractivity contribution in [3.05, 3.63) is 94.7 Å². The van der Waals surface area contributed by atoms with E-state index >= 15 is 0 Å². The summed E-state index contributed by atoms with van der Waals surface area (Å²) in [6, 6.07) is 19.0. The van der Waals surface area contributed by atoms with Crippen LogP contribution in [0.5, 0.6) is 0 Å². The fourth-order valence-corrected chi connectivity index (χ4v) is 5.85. The zero-order valence-electron chi connectivity index (χ0n) is 19.3. The highest BCUT2D eigenvalue weighted by Gasteiger charge is 2.23. The average molecular weight is 461 g/mol. The summed E-state index contributed by atoms with van der Waals surface area (Å²) in [4.78, 5) is 13.1. The first-order chi connectivity index (χ1) is 15.7. The van der Waals surface area contributed by atoms with Gasteiger partial charge in [0.2, 0.25) is 5.91 Å². The second-order valence-corrected chi connectivity index (χ2v) is 10.6. The van der Waals surface area contributed by atoms with Gasteiger partial charge in [-0.25, -0.2) is 8.42 Å². The van der Waals surface area contributed by atoms with Crippen molar-refractivity contribution in [1.29, 1.82) is 0 Å². The van der Waals surface area contributed by atoms with Gasteiger partial charge in [-0.3, -0.25) is 4.79 Å². The monoisotopic (exact) mass is 460 g/mol. The van der Waals surface area contributed by atoms with Crippen molar-refractivity contribution in [1.82, 2.24) is 4.57 Å².